The van der Waals surface area contributed by atoms with Crippen molar-refractivity contribution in [2.24, 2.45) is 10.7 Å². The first-order valence-electron chi connectivity index (χ1n) is 6.34. The van der Waals surface area contributed by atoms with Crippen molar-refractivity contribution in [2.75, 3.05) is 5.32 Å². The minimum Gasteiger partial charge on any atom is -0.370 e. The van der Waals surface area contributed by atoms with Crippen LogP contribution in [0.3, 0.4) is 0 Å². The van der Waals surface area contributed by atoms with Gasteiger partial charge in [-0.3, -0.25) is 0 Å². The maximum Gasteiger partial charge on any atom is 0.416 e. The second-order valence-corrected chi connectivity index (χ2v) is 5.41. The predicted molar refractivity (Wildman–Crippen MR) is 100.0 cm³/mol. The fourth-order valence-corrected chi connectivity index (χ4v) is 2.19. The van der Waals surface area contributed by atoms with Crippen molar-refractivity contribution in [3.05, 3.63) is 64.1 Å². The zero-order valence-electron chi connectivity index (χ0n) is 11.8. The minimum atomic E-state index is -4.43. The zero-order chi connectivity index (χ0) is 16.2. The maximum atomic E-state index is 13.0. The number of halogens is 5. The summed E-state index contributed by atoms with van der Waals surface area (Å²) in [5, 5.41) is 2.82. The highest BCUT2D eigenvalue weighted by Crippen LogP contribution is 2.34. The molecule has 0 saturated carbocycles. The largest absolute Gasteiger partial charge is 0.416 e. The number of hydrogen-bond donors (Lipinski definition) is 2. The van der Waals surface area contributed by atoms with E-state index in [1.54, 1.807) is 18.2 Å². The van der Waals surface area contributed by atoms with Crippen LogP contribution in [0.15, 0.2) is 58.0 Å². The highest BCUT2D eigenvalue weighted by molar-refractivity contribution is 14.0. The molecule has 2 rings (SSSR count). The summed E-state index contributed by atoms with van der Waals surface area (Å²) in [5.41, 5.74) is 5.75. The van der Waals surface area contributed by atoms with Gasteiger partial charge in [-0.05, 0) is 29.8 Å². The molecule has 3 N–H and O–H groups in total. The van der Waals surface area contributed by atoms with Gasteiger partial charge >= 0.3 is 6.18 Å². The number of anilines is 1. The predicted octanol–water partition coefficient (Wildman–Crippen LogP) is 5.01. The van der Waals surface area contributed by atoms with Gasteiger partial charge in [-0.1, -0.05) is 40.2 Å². The molecule has 0 amide bonds. The van der Waals surface area contributed by atoms with Crippen LogP contribution in [0.5, 0.6) is 0 Å². The molecule has 0 bridgehead atoms. The van der Waals surface area contributed by atoms with Crippen molar-refractivity contribution in [1.82, 2.24) is 0 Å². The molecular weight excluding hydrogens is 486 g/mol. The number of nitrogens with one attached hydrogen (secondary N) is 1. The van der Waals surface area contributed by atoms with E-state index >= 15 is 0 Å². The topological polar surface area (TPSA) is 50.4 Å². The molecule has 2 aromatic rings. The van der Waals surface area contributed by atoms with E-state index in [0.29, 0.717) is 4.47 Å². The molecule has 0 aliphatic heterocycles. The summed E-state index contributed by atoms with van der Waals surface area (Å²) < 4.78 is 39.3. The SMILES string of the molecule is I.NC(=NCc1ccc(Br)cc1C(F)(F)F)Nc1ccccc1. The molecule has 8 heteroatoms. The molecule has 2 aromatic carbocycles. The number of para-hydroxylation sites is 1. The van der Waals surface area contributed by atoms with Gasteiger partial charge in [0, 0.05) is 10.2 Å². The van der Waals surface area contributed by atoms with Gasteiger partial charge in [0.2, 0.25) is 0 Å². The van der Waals surface area contributed by atoms with Crippen molar-refractivity contribution in [1.29, 1.82) is 0 Å². The molecule has 0 fully saturated rings. The number of nitrogens with zero attached hydrogens (tertiary/aromatic N) is 1. The van der Waals surface area contributed by atoms with Crippen molar-refractivity contribution in [3.63, 3.8) is 0 Å². The number of benzene rings is 2. The molecule has 0 unspecified atom stereocenters. The molecule has 3 nitrogen and oxygen atoms in total. The van der Waals surface area contributed by atoms with Gasteiger partial charge in [0.1, 0.15) is 0 Å². The van der Waals surface area contributed by atoms with Gasteiger partial charge in [-0.2, -0.15) is 13.2 Å². The van der Waals surface area contributed by atoms with Gasteiger partial charge in [0.05, 0.1) is 12.1 Å². The van der Waals surface area contributed by atoms with E-state index in [1.165, 1.54) is 6.07 Å². The lowest BCUT2D eigenvalue weighted by Crippen LogP contribution is -2.22. The van der Waals surface area contributed by atoms with E-state index < -0.39 is 11.7 Å². The van der Waals surface area contributed by atoms with Crippen LogP contribution in [-0.2, 0) is 12.7 Å². The number of hydrogen-bond acceptors (Lipinski definition) is 1. The quantitative estimate of drug-likeness (QED) is 0.354. The van der Waals surface area contributed by atoms with Gasteiger partial charge in [-0.15, -0.1) is 24.0 Å². The van der Waals surface area contributed by atoms with E-state index in [-0.39, 0.29) is 42.0 Å². The summed E-state index contributed by atoms with van der Waals surface area (Å²) in [7, 11) is 0. The summed E-state index contributed by atoms with van der Waals surface area (Å²) >= 11 is 3.04. The molecule has 124 valence electrons. The van der Waals surface area contributed by atoms with Crippen LogP contribution >= 0.6 is 39.9 Å². The van der Waals surface area contributed by atoms with E-state index in [9.17, 15) is 13.2 Å². The molecule has 0 spiro atoms. The lowest BCUT2D eigenvalue weighted by molar-refractivity contribution is -0.138. The van der Waals surface area contributed by atoms with Crippen LogP contribution in [0.25, 0.3) is 0 Å². The van der Waals surface area contributed by atoms with Crippen LogP contribution in [0.2, 0.25) is 0 Å². The average Bonchev–Trinajstić information content (AvgIpc) is 2.46. The summed E-state index contributed by atoms with van der Waals surface area (Å²) in [6.45, 7) is -0.159. The standard InChI is InChI=1S/C15H13BrF3N3.HI/c16-11-7-6-10(13(8-11)15(17,18)19)9-21-14(20)22-12-4-2-1-3-5-12;/h1-8H,9H2,(H3,20,21,22);1H. The van der Waals surface area contributed by atoms with E-state index in [4.69, 9.17) is 5.73 Å². The first kappa shape index (κ1) is 19.8. The Labute approximate surface area is 157 Å². The third kappa shape index (κ3) is 6.02. The Morgan fingerprint density at radius 3 is 2.39 bits per heavy atom. The molecule has 0 aliphatic carbocycles. The Hall–Kier alpha value is -1.29. The molecule has 0 radical (unpaired) electrons. The van der Waals surface area contributed by atoms with Crippen molar-refractivity contribution in [2.45, 2.75) is 12.7 Å². The molecule has 0 atom stereocenters. The maximum absolute atomic E-state index is 13.0. The number of aliphatic imine (C=N–C) groups is 1. The summed E-state index contributed by atoms with van der Waals surface area (Å²) in [6.07, 6.45) is -4.43. The lowest BCUT2D eigenvalue weighted by atomic mass is 10.1. The summed E-state index contributed by atoms with van der Waals surface area (Å²) in [4.78, 5) is 3.96. The van der Waals surface area contributed by atoms with Crippen molar-refractivity contribution in [3.8, 4) is 0 Å². The minimum absolute atomic E-state index is 0. The third-order valence-corrected chi connectivity index (χ3v) is 3.34. The van der Waals surface area contributed by atoms with Crippen LogP contribution in [-0.4, -0.2) is 5.96 Å². The van der Waals surface area contributed by atoms with Crippen LogP contribution in [0.1, 0.15) is 11.1 Å². The highest BCUT2D eigenvalue weighted by atomic mass is 127. The van der Waals surface area contributed by atoms with Crippen LogP contribution in [0, 0.1) is 0 Å². The van der Waals surface area contributed by atoms with Crippen molar-refractivity contribution >= 4 is 51.6 Å². The Kier molecular flexibility index (Phi) is 7.33. The number of alkyl halides is 3. The van der Waals surface area contributed by atoms with E-state index in [2.05, 4.69) is 26.2 Å². The number of guanidine groups is 1. The Bertz CT molecular complexity index is 675. The Balaban J connectivity index is 0.00000264. The molecular formula is C15H14BrF3IN3. The second kappa shape index (κ2) is 8.53. The molecule has 0 aromatic heterocycles. The van der Waals surface area contributed by atoms with Crippen LogP contribution in [0.4, 0.5) is 18.9 Å². The van der Waals surface area contributed by atoms with Crippen LogP contribution < -0.4 is 11.1 Å². The third-order valence-electron chi connectivity index (χ3n) is 2.84. The second-order valence-electron chi connectivity index (χ2n) is 4.49. The van der Waals surface area contributed by atoms with E-state index in [0.717, 1.165) is 11.8 Å². The Morgan fingerprint density at radius 1 is 1.13 bits per heavy atom. The fraction of sp³-hybridized carbons (Fsp3) is 0.133. The zero-order valence-corrected chi connectivity index (χ0v) is 15.7. The average molecular weight is 500 g/mol. The normalized spacial score (nSPS) is 11.7. The first-order chi connectivity index (χ1) is 10.4. The van der Waals surface area contributed by atoms with E-state index in [1.807, 2.05) is 18.2 Å². The number of nitrogens with two attached hydrogens (primary N) is 1. The highest BCUT2D eigenvalue weighted by Gasteiger charge is 2.33. The molecule has 0 heterocycles. The molecule has 23 heavy (non-hydrogen) atoms. The lowest BCUT2D eigenvalue weighted by Gasteiger charge is -2.12. The Morgan fingerprint density at radius 2 is 1.78 bits per heavy atom. The summed E-state index contributed by atoms with van der Waals surface area (Å²) in [5.74, 6) is 0.0576. The smallest absolute Gasteiger partial charge is 0.370 e. The first-order valence-corrected chi connectivity index (χ1v) is 7.13. The van der Waals surface area contributed by atoms with Gasteiger partial charge in [-0.25, -0.2) is 4.99 Å². The van der Waals surface area contributed by atoms with Gasteiger partial charge in [0.25, 0.3) is 0 Å². The monoisotopic (exact) mass is 499 g/mol. The fourth-order valence-electron chi connectivity index (χ4n) is 1.83. The summed E-state index contributed by atoms with van der Waals surface area (Å²) in [6, 6.07) is 13.0. The van der Waals surface area contributed by atoms with Gasteiger partial charge in [0.15, 0.2) is 5.96 Å². The molecule has 0 aliphatic rings. The van der Waals surface area contributed by atoms with Gasteiger partial charge < -0.3 is 11.1 Å². The number of rotatable bonds is 3. The molecule has 0 saturated heterocycles. The van der Waals surface area contributed by atoms with Crippen molar-refractivity contribution < 1.29 is 13.2 Å².